The number of benzene rings is 6. The minimum absolute atomic E-state index is 0.00846. The van der Waals surface area contributed by atoms with E-state index in [1.807, 2.05) is 7.11 Å². The highest BCUT2D eigenvalue weighted by atomic mass is 16.5. The Bertz CT molecular complexity index is 2890. The predicted octanol–water partition coefficient (Wildman–Crippen LogP) is 18.7. The van der Waals surface area contributed by atoms with Gasteiger partial charge in [-0.25, -0.2) is 0 Å². The molecule has 0 aliphatic heterocycles. The third kappa shape index (κ3) is 8.97. The van der Waals surface area contributed by atoms with E-state index >= 15 is 0 Å². The topological polar surface area (TPSA) is 26.3 Å². The number of aryl methyl sites for hydroxylation is 2. The second kappa shape index (κ2) is 20.1. The first-order valence-electron chi connectivity index (χ1n) is 28.9. The van der Waals surface area contributed by atoms with E-state index in [4.69, 9.17) is 4.74 Å². The van der Waals surface area contributed by atoms with Crippen molar-refractivity contribution in [1.29, 1.82) is 0 Å². The van der Waals surface area contributed by atoms with E-state index in [0.717, 1.165) is 68.1 Å². The fourth-order valence-corrected chi connectivity index (χ4v) is 15.9. The summed E-state index contributed by atoms with van der Waals surface area (Å²) in [5.74, 6) is 5.42. The molecule has 4 fully saturated rings. The molecule has 6 aromatic rings. The number of fused-ring (bicyclic) bond motifs is 4. The molecule has 0 radical (unpaired) electrons. The van der Waals surface area contributed by atoms with Crippen LogP contribution in [0.5, 0.6) is 0 Å². The Kier molecular flexibility index (Phi) is 13.8. The number of hydrogen-bond donors (Lipinski definition) is 0. The number of ketones is 1. The van der Waals surface area contributed by atoms with Crippen LogP contribution in [0.1, 0.15) is 213 Å². The van der Waals surface area contributed by atoms with E-state index in [-0.39, 0.29) is 10.8 Å². The molecule has 6 aliphatic carbocycles. The molecule has 12 rings (SSSR count). The van der Waals surface area contributed by atoms with Gasteiger partial charge >= 0.3 is 0 Å². The highest BCUT2D eigenvalue weighted by Gasteiger charge is 2.38. The van der Waals surface area contributed by atoms with Crippen LogP contribution in [0.25, 0.3) is 43.8 Å². The third-order valence-corrected chi connectivity index (χ3v) is 20.1. The molecule has 0 amide bonds. The van der Waals surface area contributed by atoms with Gasteiger partial charge in [0.25, 0.3) is 0 Å². The second-order valence-corrected chi connectivity index (χ2v) is 24.7. The van der Waals surface area contributed by atoms with Crippen LogP contribution in [0.4, 0.5) is 0 Å². The highest BCUT2D eigenvalue weighted by molar-refractivity contribution is 6.06. The van der Waals surface area contributed by atoms with Crippen LogP contribution in [-0.4, -0.2) is 19.0 Å². The van der Waals surface area contributed by atoms with Crippen molar-refractivity contribution >= 4 is 27.3 Å². The van der Waals surface area contributed by atoms with Gasteiger partial charge in [-0.1, -0.05) is 151 Å². The zero-order valence-corrected chi connectivity index (χ0v) is 44.7. The van der Waals surface area contributed by atoms with Gasteiger partial charge < -0.3 is 4.74 Å². The van der Waals surface area contributed by atoms with Crippen molar-refractivity contribution in [2.45, 2.75) is 199 Å². The highest BCUT2D eigenvalue weighted by Crippen LogP contribution is 2.53. The maximum absolute atomic E-state index is 11.7. The molecule has 0 N–H and O–H groups in total. The lowest BCUT2D eigenvalue weighted by molar-refractivity contribution is -0.121. The van der Waals surface area contributed by atoms with E-state index in [1.165, 1.54) is 167 Å². The van der Waals surface area contributed by atoms with Crippen molar-refractivity contribution in [3.8, 4) is 22.3 Å². The van der Waals surface area contributed by atoms with Crippen LogP contribution in [0.3, 0.4) is 0 Å². The molecule has 0 saturated heterocycles. The summed E-state index contributed by atoms with van der Waals surface area (Å²) in [5, 5.41) is 5.90. The molecule has 6 aliphatic rings. The largest absolute Gasteiger partial charge is 0.381 e. The van der Waals surface area contributed by atoms with Gasteiger partial charge in [-0.15, -0.1) is 0 Å². The number of methoxy groups -OCH3 is 1. The molecule has 4 saturated carbocycles. The van der Waals surface area contributed by atoms with Gasteiger partial charge in [-0.05, 0) is 227 Å². The quantitative estimate of drug-likeness (QED) is 0.144. The van der Waals surface area contributed by atoms with E-state index in [1.54, 1.807) is 11.1 Å². The lowest BCUT2D eigenvalue weighted by Crippen LogP contribution is -2.28. The van der Waals surface area contributed by atoms with Gasteiger partial charge in [-0.2, -0.15) is 0 Å². The van der Waals surface area contributed by atoms with Gasteiger partial charge in [0.1, 0.15) is 5.78 Å². The van der Waals surface area contributed by atoms with Crippen molar-refractivity contribution in [3.63, 3.8) is 0 Å². The number of carbonyl (C=O) groups is 1. The Hall–Kier alpha value is -4.53. The maximum atomic E-state index is 11.7. The first kappa shape index (κ1) is 48.7. The fourth-order valence-electron chi connectivity index (χ4n) is 15.9. The zero-order valence-electron chi connectivity index (χ0n) is 44.7. The Balaban J connectivity index is 0.000000154. The van der Waals surface area contributed by atoms with Crippen molar-refractivity contribution in [2.75, 3.05) is 7.11 Å². The van der Waals surface area contributed by atoms with Crippen molar-refractivity contribution in [1.82, 2.24) is 0 Å². The summed E-state index contributed by atoms with van der Waals surface area (Å²) in [6.07, 6.45) is 25.3. The molecule has 0 spiro atoms. The summed E-state index contributed by atoms with van der Waals surface area (Å²) in [4.78, 5) is 11.7. The van der Waals surface area contributed by atoms with Gasteiger partial charge in [0.2, 0.25) is 0 Å². The summed E-state index contributed by atoms with van der Waals surface area (Å²) in [5.41, 5.74) is 18.0. The fraction of sp³-hybridized carbons (Fsp3) is 0.522. The van der Waals surface area contributed by atoms with Crippen LogP contribution >= 0.6 is 0 Å². The standard InChI is InChI=1S/C35H44O.C34H40O/c1-5-7-26-16-21-31-30-20-17-27(22-33(30)35(2,3)32-9-6-8-29(26)34(31)32)25-12-10-23(11-13-25)24-14-18-28(36-4)19-15-24;1-4-6-25-15-20-30-29-19-16-26(21-32(29)34(2,3)31-8-5-7-28(25)33(30)31)24-11-9-22(10-12-24)23-13-17-27(35)18-14-23/h6,8-9,16-17,20-25,28H,5,7,10-15,18-19H2,1-4H3;5,7-8,15-16,19-24H,4,6,9-14,17-18H2,1-3H3. The van der Waals surface area contributed by atoms with Gasteiger partial charge in [-0.3, -0.25) is 4.79 Å². The molecule has 2 heteroatoms. The van der Waals surface area contributed by atoms with E-state index in [2.05, 4.69) is 139 Å². The number of rotatable bonds is 9. The van der Waals surface area contributed by atoms with Crippen LogP contribution in [0, 0.1) is 23.7 Å². The Morgan fingerprint density at radius 3 is 1.25 bits per heavy atom. The summed E-state index contributed by atoms with van der Waals surface area (Å²) in [7, 11) is 1.89. The molecule has 2 nitrogen and oxygen atoms in total. The lowest BCUT2D eigenvalue weighted by atomic mass is 9.66. The molecular weight excluding hydrogens is 861 g/mol. The SMILES string of the molecule is CCCc1ccc2c3c(cccc13)C(C)(C)c1cc(C3CCC(C4CCC(=O)CC4)CC3)ccc1-2.CCCc1ccc2c3c(cccc13)C(C)(C)c1cc(C3CCC(C4CCC(OC)CC4)CC3)ccc1-2. The first-order chi connectivity index (χ1) is 34.5. The lowest BCUT2D eigenvalue weighted by Gasteiger charge is -2.39. The van der Waals surface area contributed by atoms with Crippen LogP contribution in [0.15, 0.2) is 97.1 Å². The van der Waals surface area contributed by atoms with Crippen molar-refractivity contribution in [2.24, 2.45) is 23.7 Å². The Morgan fingerprint density at radius 1 is 0.451 bits per heavy atom. The predicted molar refractivity (Wildman–Crippen MR) is 300 cm³/mol. The molecule has 71 heavy (non-hydrogen) atoms. The van der Waals surface area contributed by atoms with E-state index in [9.17, 15) is 4.79 Å². The first-order valence-corrected chi connectivity index (χ1v) is 28.9. The van der Waals surface area contributed by atoms with Crippen molar-refractivity contribution in [3.05, 3.63) is 142 Å². The summed E-state index contributed by atoms with van der Waals surface area (Å²) in [6.45, 7) is 14.3. The number of hydrogen-bond acceptors (Lipinski definition) is 2. The maximum Gasteiger partial charge on any atom is 0.132 e. The molecule has 372 valence electrons. The molecule has 6 aromatic carbocycles. The van der Waals surface area contributed by atoms with Crippen LogP contribution < -0.4 is 0 Å². The zero-order chi connectivity index (χ0) is 49.0. The van der Waals surface area contributed by atoms with Gasteiger partial charge in [0.05, 0.1) is 6.10 Å². The minimum atomic E-state index is 0.00846. The van der Waals surface area contributed by atoms with Crippen LogP contribution in [0.2, 0.25) is 0 Å². The molecular formula is C69H84O2. The molecule has 0 bridgehead atoms. The monoisotopic (exact) mass is 945 g/mol. The average molecular weight is 945 g/mol. The van der Waals surface area contributed by atoms with Crippen molar-refractivity contribution < 1.29 is 9.53 Å². The smallest absolute Gasteiger partial charge is 0.132 e. The second-order valence-electron chi connectivity index (χ2n) is 24.7. The average Bonchev–Trinajstić information content (AvgIpc) is 3.40. The molecule has 0 unspecified atom stereocenters. The number of Topliss-reactive ketones (excluding diaryl/α,β-unsaturated/α-hetero) is 1. The Morgan fingerprint density at radius 2 is 0.845 bits per heavy atom. The summed E-state index contributed by atoms with van der Waals surface area (Å²) < 4.78 is 5.62. The van der Waals surface area contributed by atoms with E-state index in [0.29, 0.717) is 17.8 Å². The minimum Gasteiger partial charge on any atom is -0.381 e. The third-order valence-electron chi connectivity index (χ3n) is 20.1. The summed E-state index contributed by atoms with van der Waals surface area (Å²) in [6, 6.07) is 38.6. The summed E-state index contributed by atoms with van der Waals surface area (Å²) >= 11 is 0. The normalized spacial score (nSPS) is 25.5. The molecule has 0 aromatic heterocycles. The Labute approximate surface area is 428 Å². The molecule has 0 atom stereocenters. The number of carbonyl (C=O) groups excluding carboxylic acids is 1. The number of ether oxygens (including phenoxy) is 1. The van der Waals surface area contributed by atoms with E-state index < -0.39 is 0 Å². The van der Waals surface area contributed by atoms with Gasteiger partial charge in [0.15, 0.2) is 0 Å². The molecule has 0 heterocycles. The van der Waals surface area contributed by atoms with Crippen LogP contribution in [-0.2, 0) is 33.2 Å². The van der Waals surface area contributed by atoms with Gasteiger partial charge in [0, 0.05) is 30.8 Å².